The number of sulfonamides is 1. The van der Waals surface area contributed by atoms with Crippen LogP contribution in [-0.2, 0) is 14.8 Å². The SMILES string of the molecule is CCN(CC)S(=O)(=O)c1ccc(C(C)NC(=O)C2=Cc3ccccc3OC2)cc1. The molecule has 2 aromatic rings. The minimum absolute atomic E-state index is 0.202. The molecule has 7 heteroatoms. The fourth-order valence-electron chi connectivity index (χ4n) is 3.26. The zero-order valence-corrected chi connectivity index (χ0v) is 17.7. The molecule has 0 saturated carbocycles. The number of hydrogen-bond donors (Lipinski definition) is 1. The van der Waals surface area contributed by atoms with E-state index in [-0.39, 0.29) is 23.5 Å². The second-order valence-corrected chi connectivity index (χ2v) is 8.79. The summed E-state index contributed by atoms with van der Waals surface area (Å²) >= 11 is 0. The molecular formula is C22H26N2O4S. The van der Waals surface area contributed by atoms with Crippen LogP contribution in [0.4, 0.5) is 0 Å². The summed E-state index contributed by atoms with van der Waals surface area (Å²) in [5, 5.41) is 2.95. The van der Waals surface area contributed by atoms with Gasteiger partial charge in [-0.25, -0.2) is 8.42 Å². The third-order valence-electron chi connectivity index (χ3n) is 4.99. The van der Waals surface area contributed by atoms with E-state index in [2.05, 4.69) is 5.32 Å². The van der Waals surface area contributed by atoms with E-state index in [0.717, 1.165) is 16.9 Å². The van der Waals surface area contributed by atoms with Gasteiger partial charge in [0.25, 0.3) is 5.91 Å². The van der Waals surface area contributed by atoms with Gasteiger partial charge in [0.15, 0.2) is 0 Å². The van der Waals surface area contributed by atoms with Gasteiger partial charge in [-0.3, -0.25) is 4.79 Å². The van der Waals surface area contributed by atoms with Gasteiger partial charge in [-0.2, -0.15) is 4.31 Å². The highest BCUT2D eigenvalue weighted by Crippen LogP contribution is 2.26. The van der Waals surface area contributed by atoms with Crippen molar-refractivity contribution in [1.82, 2.24) is 9.62 Å². The molecule has 0 fully saturated rings. The minimum Gasteiger partial charge on any atom is -0.488 e. The smallest absolute Gasteiger partial charge is 0.251 e. The fourth-order valence-corrected chi connectivity index (χ4v) is 4.72. The van der Waals surface area contributed by atoms with E-state index in [1.54, 1.807) is 24.3 Å². The number of hydrogen-bond acceptors (Lipinski definition) is 4. The number of benzene rings is 2. The van der Waals surface area contributed by atoms with E-state index in [9.17, 15) is 13.2 Å². The predicted molar refractivity (Wildman–Crippen MR) is 113 cm³/mol. The van der Waals surface area contributed by atoms with Crippen molar-refractivity contribution >= 4 is 22.0 Å². The quantitative estimate of drug-likeness (QED) is 0.754. The number of nitrogens with one attached hydrogen (secondary N) is 1. The molecule has 0 bridgehead atoms. The maximum atomic E-state index is 12.6. The molecular weight excluding hydrogens is 388 g/mol. The summed E-state index contributed by atoms with van der Waals surface area (Å²) in [6, 6.07) is 13.9. The molecule has 1 aliphatic heterocycles. The van der Waals surface area contributed by atoms with Crippen LogP contribution in [0.25, 0.3) is 6.08 Å². The Morgan fingerprint density at radius 1 is 1.10 bits per heavy atom. The number of ether oxygens (including phenoxy) is 1. The van der Waals surface area contributed by atoms with Crippen molar-refractivity contribution in [3.8, 4) is 5.75 Å². The maximum absolute atomic E-state index is 12.6. The van der Waals surface area contributed by atoms with Crippen molar-refractivity contribution in [2.24, 2.45) is 0 Å². The average molecular weight is 415 g/mol. The molecule has 0 aliphatic carbocycles. The van der Waals surface area contributed by atoms with Gasteiger partial charge >= 0.3 is 0 Å². The Labute approximate surface area is 172 Å². The largest absolute Gasteiger partial charge is 0.488 e. The minimum atomic E-state index is -3.49. The summed E-state index contributed by atoms with van der Waals surface area (Å²) in [5.74, 6) is 0.564. The molecule has 1 amide bonds. The Kier molecular flexibility index (Phi) is 6.39. The van der Waals surface area contributed by atoms with E-state index >= 15 is 0 Å². The first-order valence-electron chi connectivity index (χ1n) is 9.70. The standard InChI is InChI=1S/C22H26N2O4S/c1-4-24(5-2)29(26,27)20-12-10-17(11-13-20)16(3)23-22(25)19-14-18-8-6-7-9-21(18)28-15-19/h6-14,16H,4-5,15H2,1-3H3,(H,23,25). The molecule has 2 aromatic carbocycles. The van der Waals surface area contributed by atoms with Gasteiger partial charge in [0, 0.05) is 18.7 Å². The Morgan fingerprint density at radius 2 is 1.76 bits per heavy atom. The van der Waals surface area contributed by atoms with Crippen molar-refractivity contribution < 1.29 is 17.9 Å². The lowest BCUT2D eigenvalue weighted by molar-refractivity contribution is -0.118. The first kappa shape index (κ1) is 21.1. The Morgan fingerprint density at radius 3 is 2.41 bits per heavy atom. The summed E-state index contributed by atoms with van der Waals surface area (Å²) < 4.78 is 32.2. The predicted octanol–water partition coefficient (Wildman–Crippen LogP) is 3.37. The normalized spacial score (nSPS) is 14.6. The van der Waals surface area contributed by atoms with Gasteiger partial charge in [0.05, 0.1) is 16.5 Å². The lowest BCUT2D eigenvalue weighted by Gasteiger charge is -2.21. The molecule has 0 spiro atoms. The second-order valence-electron chi connectivity index (χ2n) is 6.85. The number of para-hydroxylation sites is 1. The molecule has 1 unspecified atom stereocenters. The maximum Gasteiger partial charge on any atom is 0.251 e. The van der Waals surface area contributed by atoms with Crippen LogP contribution in [0.3, 0.4) is 0 Å². The highest BCUT2D eigenvalue weighted by atomic mass is 32.2. The van der Waals surface area contributed by atoms with Crippen molar-refractivity contribution in [2.45, 2.75) is 31.7 Å². The molecule has 3 rings (SSSR count). The number of nitrogens with zero attached hydrogens (tertiary/aromatic N) is 1. The monoisotopic (exact) mass is 414 g/mol. The topological polar surface area (TPSA) is 75.7 Å². The molecule has 0 aromatic heterocycles. The average Bonchev–Trinajstić information content (AvgIpc) is 2.74. The Hall–Kier alpha value is -2.64. The van der Waals surface area contributed by atoms with E-state index < -0.39 is 10.0 Å². The molecule has 29 heavy (non-hydrogen) atoms. The molecule has 1 aliphatic rings. The van der Waals surface area contributed by atoms with Gasteiger partial charge in [-0.1, -0.05) is 44.2 Å². The van der Waals surface area contributed by atoms with Crippen molar-refractivity contribution in [3.05, 3.63) is 65.2 Å². The van der Waals surface area contributed by atoms with Crippen LogP contribution in [0.2, 0.25) is 0 Å². The van der Waals surface area contributed by atoms with Crippen molar-refractivity contribution in [3.63, 3.8) is 0 Å². The van der Waals surface area contributed by atoms with Crippen LogP contribution in [0, 0.1) is 0 Å². The van der Waals surface area contributed by atoms with Gasteiger partial charge in [-0.15, -0.1) is 0 Å². The fraction of sp³-hybridized carbons (Fsp3) is 0.318. The molecule has 154 valence electrons. The first-order chi connectivity index (χ1) is 13.9. The number of rotatable bonds is 7. The molecule has 6 nitrogen and oxygen atoms in total. The zero-order chi connectivity index (χ0) is 21.0. The van der Waals surface area contributed by atoms with Crippen LogP contribution in [-0.4, -0.2) is 38.3 Å². The molecule has 0 saturated heterocycles. The number of amides is 1. The van der Waals surface area contributed by atoms with Crippen molar-refractivity contribution in [2.75, 3.05) is 19.7 Å². The van der Waals surface area contributed by atoms with Crippen LogP contribution in [0.15, 0.2) is 59.0 Å². The summed E-state index contributed by atoms with van der Waals surface area (Å²) in [7, 11) is -3.49. The number of carbonyl (C=O) groups excluding carboxylic acids is 1. The van der Waals surface area contributed by atoms with Crippen LogP contribution in [0.5, 0.6) is 5.75 Å². The summed E-state index contributed by atoms with van der Waals surface area (Å²) in [6.45, 7) is 6.56. The number of carbonyl (C=O) groups is 1. The van der Waals surface area contributed by atoms with Gasteiger partial charge < -0.3 is 10.1 Å². The van der Waals surface area contributed by atoms with E-state index in [0.29, 0.717) is 18.7 Å². The first-order valence-corrected chi connectivity index (χ1v) is 11.1. The van der Waals surface area contributed by atoms with Crippen LogP contribution in [0.1, 0.15) is 37.9 Å². The summed E-state index contributed by atoms with van der Waals surface area (Å²) in [5.41, 5.74) is 2.26. The third kappa shape index (κ3) is 4.52. The molecule has 0 radical (unpaired) electrons. The molecule has 1 heterocycles. The van der Waals surface area contributed by atoms with Crippen LogP contribution < -0.4 is 10.1 Å². The van der Waals surface area contributed by atoms with Gasteiger partial charge in [0.2, 0.25) is 10.0 Å². The summed E-state index contributed by atoms with van der Waals surface area (Å²) in [6.07, 6.45) is 1.83. The van der Waals surface area contributed by atoms with E-state index in [4.69, 9.17) is 4.74 Å². The highest BCUT2D eigenvalue weighted by Gasteiger charge is 2.22. The Bertz CT molecular complexity index is 1010. The van der Waals surface area contributed by atoms with Gasteiger partial charge in [-0.05, 0) is 36.8 Å². The van der Waals surface area contributed by atoms with E-state index in [1.807, 2.05) is 51.1 Å². The van der Waals surface area contributed by atoms with Crippen LogP contribution >= 0.6 is 0 Å². The lowest BCUT2D eigenvalue weighted by atomic mass is 10.1. The number of fused-ring (bicyclic) bond motifs is 1. The zero-order valence-electron chi connectivity index (χ0n) is 16.9. The van der Waals surface area contributed by atoms with Gasteiger partial charge in [0.1, 0.15) is 12.4 Å². The van der Waals surface area contributed by atoms with Crippen molar-refractivity contribution in [1.29, 1.82) is 0 Å². The molecule has 1 atom stereocenters. The highest BCUT2D eigenvalue weighted by molar-refractivity contribution is 7.89. The summed E-state index contributed by atoms with van der Waals surface area (Å²) in [4.78, 5) is 12.9. The van der Waals surface area contributed by atoms with E-state index in [1.165, 1.54) is 4.31 Å². The lowest BCUT2D eigenvalue weighted by Crippen LogP contribution is -2.31. The molecule has 1 N–H and O–H groups in total. The second kappa shape index (κ2) is 8.80. The Balaban J connectivity index is 1.71. The third-order valence-corrected chi connectivity index (χ3v) is 7.06.